The molecule has 0 aliphatic carbocycles. The summed E-state index contributed by atoms with van der Waals surface area (Å²) in [6.45, 7) is -0.320. The second kappa shape index (κ2) is 9.45. The van der Waals surface area contributed by atoms with Gasteiger partial charge < -0.3 is 19.8 Å². The Kier molecular flexibility index (Phi) is 7.52. The van der Waals surface area contributed by atoms with E-state index in [1.165, 1.54) is 13.1 Å². The normalized spacial score (nSPS) is 25.1. The van der Waals surface area contributed by atoms with Gasteiger partial charge in [-0.05, 0) is 12.5 Å². The van der Waals surface area contributed by atoms with Crippen molar-refractivity contribution >= 4 is 7.82 Å². The number of aliphatic hydroxyl groups excluding tert-OH is 2. The Morgan fingerprint density at radius 2 is 2.25 bits per heavy atom. The number of aryl methyl sites for hydroxylation is 1. The molecule has 0 radical (unpaired) electrons. The Hall–Kier alpha value is -2.02. The second-order valence-electron chi connectivity index (χ2n) is 6.01. The van der Waals surface area contributed by atoms with Crippen molar-refractivity contribution < 1.29 is 33.5 Å². The largest absolute Gasteiger partial charge is 0.472 e. The van der Waals surface area contributed by atoms with Crippen molar-refractivity contribution in [3.05, 3.63) is 43.0 Å². The number of ether oxygens (including phenoxy) is 1. The fourth-order valence-electron chi connectivity index (χ4n) is 2.46. The van der Waals surface area contributed by atoms with Crippen LogP contribution < -0.4 is 11.2 Å². The molecule has 1 fully saturated rings. The lowest BCUT2D eigenvalue weighted by Crippen LogP contribution is -2.33. The quantitative estimate of drug-likeness (QED) is 0.172. The smallest absolute Gasteiger partial charge is 0.394 e. The molecule has 4 N–H and O–H groups in total. The fourth-order valence-corrected chi connectivity index (χ4v) is 3.23. The van der Waals surface area contributed by atoms with Crippen LogP contribution in [0.25, 0.3) is 10.4 Å². The minimum atomic E-state index is -4.58. The number of nitrogens with zero attached hydrogens (tertiary/aromatic N) is 4. The standard InChI is InChI=1S/C13H20N5O9P/c1-7-3-18(13(22)15-12(7)21)11-2-9(16-17-14)10(27-11)6-26-28(23,24)25-5-8(20)4-19/h3,8-11,19-20H,2,4-6H2,1H3,(H,23,24)(H,15,21,22)/t8-,9+,10-,11-/m1/s1. The van der Waals surface area contributed by atoms with E-state index in [1.54, 1.807) is 0 Å². The number of phosphoric acid groups is 1. The first-order valence-electron chi connectivity index (χ1n) is 8.09. The number of nitrogens with one attached hydrogen (secondary N) is 1. The molecule has 1 unspecified atom stereocenters. The molecule has 156 valence electrons. The molecule has 0 amide bonds. The van der Waals surface area contributed by atoms with Crippen molar-refractivity contribution in [3.8, 4) is 0 Å². The van der Waals surface area contributed by atoms with Gasteiger partial charge in [-0.2, -0.15) is 0 Å². The molecule has 5 atom stereocenters. The summed E-state index contributed by atoms with van der Waals surface area (Å²) < 4.78 is 27.8. The first kappa shape index (κ1) is 22.3. The maximum Gasteiger partial charge on any atom is 0.472 e. The third kappa shape index (κ3) is 5.74. The number of H-pyrrole nitrogens is 1. The minimum absolute atomic E-state index is 0.0588. The molecular weight excluding hydrogens is 401 g/mol. The molecule has 1 aliphatic heterocycles. The van der Waals surface area contributed by atoms with Crippen molar-refractivity contribution in [1.82, 2.24) is 9.55 Å². The number of phosphoric ester groups is 1. The second-order valence-corrected chi connectivity index (χ2v) is 7.47. The fraction of sp³-hybridized carbons (Fsp3) is 0.692. The van der Waals surface area contributed by atoms with Crippen LogP contribution in [0.15, 0.2) is 20.9 Å². The molecule has 0 saturated carbocycles. The molecule has 1 saturated heterocycles. The third-order valence-corrected chi connectivity index (χ3v) is 4.85. The topological polar surface area (TPSA) is 209 Å². The molecule has 0 spiro atoms. The number of aliphatic hydroxyl groups is 2. The van der Waals surface area contributed by atoms with Gasteiger partial charge in [-0.15, -0.1) is 0 Å². The SMILES string of the molecule is Cc1cn([C@H]2C[C@H](N=[N+]=[N-])[C@@H](COP(=O)(O)OC[C@H](O)CO)O2)c(=O)[nH]c1=O. The minimum Gasteiger partial charge on any atom is -0.394 e. The van der Waals surface area contributed by atoms with E-state index in [2.05, 4.69) is 19.5 Å². The summed E-state index contributed by atoms with van der Waals surface area (Å²) in [6, 6.07) is -0.822. The maximum absolute atomic E-state index is 12.0. The third-order valence-electron chi connectivity index (χ3n) is 3.90. The van der Waals surface area contributed by atoms with Crippen LogP contribution in [-0.4, -0.2) is 62.7 Å². The number of hydrogen-bond donors (Lipinski definition) is 4. The predicted molar refractivity (Wildman–Crippen MR) is 92.3 cm³/mol. The van der Waals surface area contributed by atoms with Crippen LogP contribution in [0, 0.1) is 6.92 Å². The summed E-state index contributed by atoms with van der Waals surface area (Å²) in [6.07, 6.45) is -1.89. The summed E-state index contributed by atoms with van der Waals surface area (Å²) in [5.74, 6) is 0. The molecule has 0 bridgehead atoms. The van der Waals surface area contributed by atoms with E-state index >= 15 is 0 Å². The van der Waals surface area contributed by atoms with Gasteiger partial charge in [-0.1, -0.05) is 5.11 Å². The average molecular weight is 421 g/mol. The Morgan fingerprint density at radius 1 is 1.54 bits per heavy atom. The number of rotatable bonds is 9. The van der Waals surface area contributed by atoms with Crippen LogP contribution >= 0.6 is 7.82 Å². The highest BCUT2D eigenvalue weighted by Crippen LogP contribution is 2.44. The maximum atomic E-state index is 12.0. The van der Waals surface area contributed by atoms with Crippen molar-refractivity contribution in [1.29, 1.82) is 0 Å². The van der Waals surface area contributed by atoms with E-state index in [1.807, 2.05) is 0 Å². The highest BCUT2D eigenvalue weighted by Gasteiger charge is 2.38. The monoisotopic (exact) mass is 421 g/mol. The molecule has 15 heteroatoms. The van der Waals surface area contributed by atoms with Crippen LogP contribution in [0.5, 0.6) is 0 Å². The van der Waals surface area contributed by atoms with Gasteiger partial charge in [-0.25, -0.2) is 9.36 Å². The molecule has 2 heterocycles. The average Bonchev–Trinajstić information content (AvgIpc) is 3.04. The molecule has 14 nitrogen and oxygen atoms in total. The predicted octanol–water partition coefficient (Wildman–Crippen LogP) is -0.702. The number of hydrogen-bond acceptors (Lipinski definition) is 9. The molecule has 2 rings (SSSR count). The Balaban J connectivity index is 2.09. The lowest BCUT2D eigenvalue weighted by Gasteiger charge is -2.19. The lowest BCUT2D eigenvalue weighted by molar-refractivity contribution is -0.0309. The number of azide groups is 1. The van der Waals surface area contributed by atoms with Crippen LogP contribution in [0.3, 0.4) is 0 Å². The first-order chi connectivity index (χ1) is 13.2. The number of aromatic nitrogens is 2. The summed E-state index contributed by atoms with van der Waals surface area (Å²) >= 11 is 0. The Morgan fingerprint density at radius 3 is 2.89 bits per heavy atom. The van der Waals surface area contributed by atoms with Crippen LogP contribution in [-0.2, 0) is 18.3 Å². The Labute approximate surface area is 157 Å². The van der Waals surface area contributed by atoms with Crippen molar-refractivity contribution in [3.63, 3.8) is 0 Å². The summed E-state index contributed by atoms with van der Waals surface area (Å²) in [4.78, 5) is 37.9. The van der Waals surface area contributed by atoms with E-state index in [0.29, 0.717) is 0 Å². The van der Waals surface area contributed by atoms with E-state index in [9.17, 15) is 19.0 Å². The van der Waals surface area contributed by atoms with E-state index in [-0.39, 0.29) is 12.0 Å². The van der Waals surface area contributed by atoms with Gasteiger partial charge in [0.15, 0.2) is 0 Å². The number of aromatic amines is 1. The van der Waals surface area contributed by atoms with Gasteiger partial charge in [-0.3, -0.25) is 23.4 Å². The summed E-state index contributed by atoms with van der Waals surface area (Å²) in [7, 11) is -4.58. The first-order valence-corrected chi connectivity index (χ1v) is 9.59. The lowest BCUT2D eigenvalue weighted by atomic mass is 10.1. The van der Waals surface area contributed by atoms with Gasteiger partial charge in [0.25, 0.3) is 5.56 Å². The Bertz CT molecular complexity index is 895. The van der Waals surface area contributed by atoms with E-state index < -0.39 is 63.4 Å². The van der Waals surface area contributed by atoms with Gasteiger partial charge in [0, 0.05) is 23.1 Å². The van der Waals surface area contributed by atoms with Gasteiger partial charge in [0.2, 0.25) is 0 Å². The molecule has 1 aliphatic rings. The van der Waals surface area contributed by atoms with Crippen LogP contribution in [0.1, 0.15) is 18.2 Å². The summed E-state index contributed by atoms with van der Waals surface area (Å²) in [5.41, 5.74) is 7.69. The summed E-state index contributed by atoms with van der Waals surface area (Å²) in [5, 5.41) is 21.3. The molecule has 28 heavy (non-hydrogen) atoms. The zero-order valence-electron chi connectivity index (χ0n) is 14.7. The molecule has 1 aromatic heterocycles. The van der Waals surface area contributed by atoms with Crippen molar-refractivity contribution in [2.75, 3.05) is 19.8 Å². The van der Waals surface area contributed by atoms with E-state index in [4.69, 9.17) is 25.0 Å². The van der Waals surface area contributed by atoms with E-state index in [0.717, 1.165) is 4.57 Å². The van der Waals surface area contributed by atoms with Crippen LogP contribution in [0.2, 0.25) is 0 Å². The zero-order chi connectivity index (χ0) is 20.9. The highest BCUT2D eigenvalue weighted by atomic mass is 31.2. The van der Waals surface area contributed by atoms with Gasteiger partial charge in [0.1, 0.15) is 12.3 Å². The van der Waals surface area contributed by atoms with Gasteiger partial charge >= 0.3 is 13.5 Å². The molecule has 1 aromatic rings. The van der Waals surface area contributed by atoms with Gasteiger partial charge in [0.05, 0.1) is 32.0 Å². The van der Waals surface area contributed by atoms with Crippen LogP contribution in [0.4, 0.5) is 0 Å². The van der Waals surface area contributed by atoms with Crippen molar-refractivity contribution in [2.45, 2.75) is 37.8 Å². The van der Waals surface area contributed by atoms with Crippen molar-refractivity contribution in [2.24, 2.45) is 5.11 Å². The molecule has 0 aromatic carbocycles. The highest BCUT2D eigenvalue weighted by molar-refractivity contribution is 7.47. The molecular formula is C13H20N5O9P. The zero-order valence-corrected chi connectivity index (χ0v) is 15.6.